The summed E-state index contributed by atoms with van der Waals surface area (Å²) in [6, 6.07) is 20.8. The number of rotatable bonds is 7. The fraction of sp³-hybridized carbons (Fsp3) is 0.440. The lowest BCUT2D eigenvalue weighted by Gasteiger charge is -2.43. The minimum atomic E-state index is -2.71. The Hall–Kier alpha value is -1.76. The van der Waals surface area contributed by atoms with E-state index in [1.165, 1.54) is 10.4 Å². The lowest BCUT2D eigenvalue weighted by Crippen LogP contribution is -2.67. The van der Waals surface area contributed by atoms with E-state index in [1.807, 2.05) is 26.0 Å². The molecule has 0 saturated carbocycles. The Morgan fingerprint density at radius 2 is 1.53 bits per heavy atom. The number of hydrogen-bond acceptors (Lipinski definition) is 4. The van der Waals surface area contributed by atoms with Gasteiger partial charge in [-0.05, 0) is 29.3 Å². The van der Waals surface area contributed by atoms with Crippen molar-refractivity contribution in [1.29, 1.82) is 0 Å². The molecule has 0 bridgehead atoms. The third-order valence-electron chi connectivity index (χ3n) is 5.66. The van der Waals surface area contributed by atoms with Crippen LogP contribution in [0.15, 0.2) is 73.3 Å². The molecule has 0 radical (unpaired) electrons. The summed E-state index contributed by atoms with van der Waals surface area (Å²) in [4.78, 5) is 0. The Labute approximate surface area is 181 Å². The molecule has 3 unspecified atom stereocenters. The summed E-state index contributed by atoms with van der Waals surface area (Å²) in [5.41, 5.74) is 0. The molecule has 1 aliphatic heterocycles. The predicted octanol–water partition coefficient (Wildman–Crippen LogP) is 3.63. The lowest BCUT2D eigenvalue weighted by molar-refractivity contribution is -0.155. The van der Waals surface area contributed by atoms with Crippen LogP contribution in [0.3, 0.4) is 0 Å². The van der Waals surface area contributed by atoms with Gasteiger partial charge in [-0.1, -0.05) is 87.5 Å². The van der Waals surface area contributed by atoms with Crippen LogP contribution >= 0.6 is 0 Å². The van der Waals surface area contributed by atoms with Crippen molar-refractivity contribution in [2.24, 2.45) is 0 Å². The smallest absolute Gasteiger partial charge is 0.261 e. The summed E-state index contributed by atoms with van der Waals surface area (Å²) < 4.78 is 18.6. The lowest BCUT2D eigenvalue weighted by atomic mass is 10.1. The Balaban J connectivity index is 1.97. The van der Waals surface area contributed by atoms with Gasteiger partial charge in [0.1, 0.15) is 18.3 Å². The van der Waals surface area contributed by atoms with Gasteiger partial charge in [0.25, 0.3) is 8.32 Å². The molecular weight excluding hydrogens is 392 g/mol. The van der Waals surface area contributed by atoms with E-state index in [1.54, 1.807) is 6.08 Å². The van der Waals surface area contributed by atoms with Crippen LogP contribution in [0, 0.1) is 0 Å². The SMILES string of the molecule is C=CC1OC(C)(C)OC1C(O)CO[Si](c1ccccc1)(c1ccccc1)C(C)(C)C. The summed E-state index contributed by atoms with van der Waals surface area (Å²) in [7, 11) is -2.71. The highest BCUT2D eigenvalue weighted by atomic mass is 28.4. The van der Waals surface area contributed by atoms with Gasteiger partial charge in [-0.3, -0.25) is 0 Å². The van der Waals surface area contributed by atoms with Gasteiger partial charge in [0.05, 0.1) is 6.61 Å². The van der Waals surface area contributed by atoms with Crippen LogP contribution in [0.25, 0.3) is 0 Å². The van der Waals surface area contributed by atoms with Crippen molar-refractivity contribution in [3.05, 3.63) is 73.3 Å². The quantitative estimate of drug-likeness (QED) is 0.543. The fourth-order valence-electron chi connectivity index (χ4n) is 4.36. The molecule has 1 heterocycles. The molecule has 4 nitrogen and oxygen atoms in total. The average molecular weight is 427 g/mol. The van der Waals surface area contributed by atoms with Gasteiger partial charge in [0.2, 0.25) is 0 Å². The summed E-state index contributed by atoms with van der Waals surface area (Å²) >= 11 is 0. The minimum absolute atomic E-state index is 0.153. The van der Waals surface area contributed by atoms with E-state index in [0.717, 1.165) is 0 Å². The van der Waals surface area contributed by atoms with Crippen molar-refractivity contribution in [3.63, 3.8) is 0 Å². The second-order valence-corrected chi connectivity index (χ2v) is 13.6. The molecule has 2 aromatic carbocycles. The highest BCUT2D eigenvalue weighted by Gasteiger charge is 2.51. The summed E-state index contributed by atoms with van der Waals surface area (Å²) in [5, 5.41) is 13.3. The van der Waals surface area contributed by atoms with E-state index in [-0.39, 0.29) is 17.7 Å². The summed E-state index contributed by atoms with van der Waals surface area (Å²) in [5.74, 6) is -0.762. The van der Waals surface area contributed by atoms with Crippen molar-refractivity contribution in [2.75, 3.05) is 6.61 Å². The molecule has 2 aromatic rings. The molecular formula is C25H34O4Si. The molecule has 1 saturated heterocycles. The van der Waals surface area contributed by atoms with Crippen LogP contribution in [0.2, 0.25) is 5.04 Å². The van der Waals surface area contributed by atoms with E-state index in [2.05, 4.69) is 75.9 Å². The third kappa shape index (κ3) is 4.46. The normalized spacial score (nSPS) is 22.6. The Morgan fingerprint density at radius 3 is 1.97 bits per heavy atom. The zero-order valence-corrected chi connectivity index (χ0v) is 19.7. The zero-order valence-electron chi connectivity index (χ0n) is 18.7. The van der Waals surface area contributed by atoms with Crippen LogP contribution in [0.1, 0.15) is 34.6 Å². The Morgan fingerprint density at radius 1 is 1.03 bits per heavy atom. The van der Waals surface area contributed by atoms with Crippen LogP contribution in [-0.2, 0) is 13.9 Å². The largest absolute Gasteiger partial charge is 0.405 e. The second kappa shape index (κ2) is 8.77. The first-order valence-corrected chi connectivity index (χ1v) is 12.4. The molecule has 1 aliphatic rings. The van der Waals surface area contributed by atoms with Gasteiger partial charge in [0, 0.05) is 0 Å². The van der Waals surface area contributed by atoms with Crippen LogP contribution in [0.5, 0.6) is 0 Å². The monoisotopic (exact) mass is 426 g/mol. The topological polar surface area (TPSA) is 47.9 Å². The first kappa shape index (κ1) is 22.9. The highest BCUT2D eigenvalue weighted by molar-refractivity contribution is 6.99. The minimum Gasteiger partial charge on any atom is -0.405 e. The number of aliphatic hydroxyl groups excluding tert-OH is 1. The number of ether oxygens (including phenoxy) is 2. The predicted molar refractivity (Wildman–Crippen MR) is 124 cm³/mol. The highest BCUT2D eigenvalue weighted by Crippen LogP contribution is 2.37. The van der Waals surface area contributed by atoms with E-state index < -0.39 is 26.3 Å². The maximum atomic E-state index is 11.1. The average Bonchev–Trinajstić information content (AvgIpc) is 3.04. The van der Waals surface area contributed by atoms with Gasteiger partial charge in [0.15, 0.2) is 5.79 Å². The maximum absolute atomic E-state index is 11.1. The van der Waals surface area contributed by atoms with E-state index >= 15 is 0 Å². The molecule has 30 heavy (non-hydrogen) atoms. The third-order valence-corrected chi connectivity index (χ3v) is 10.7. The van der Waals surface area contributed by atoms with Crippen LogP contribution < -0.4 is 10.4 Å². The number of aliphatic hydroxyl groups is 1. The first-order chi connectivity index (χ1) is 14.1. The van der Waals surface area contributed by atoms with Gasteiger partial charge >= 0.3 is 0 Å². The molecule has 5 heteroatoms. The van der Waals surface area contributed by atoms with E-state index in [4.69, 9.17) is 13.9 Å². The van der Waals surface area contributed by atoms with Crippen molar-refractivity contribution in [2.45, 2.75) is 63.8 Å². The second-order valence-electron chi connectivity index (χ2n) is 9.34. The van der Waals surface area contributed by atoms with Gasteiger partial charge in [-0.2, -0.15) is 0 Å². The zero-order chi connectivity index (χ0) is 22.0. The van der Waals surface area contributed by atoms with E-state index in [9.17, 15) is 5.11 Å². The fourth-order valence-corrected chi connectivity index (χ4v) is 8.94. The standard InChI is InChI=1S/C25H34O4Si/c1-7-22-23(29-25(5,6)28-22)21(26)18-27-30(24(2,3)4,19-14-10-8-11-15-19)20-16-12-9-13-17-20/h7-17,21-23,26H,1,18H2,2-6H3. The molecule has 0 aliphatic carbocycles. The number of benzene rings is 2. The van der Waals surface area contributed by atoms with Crippen molar-refractivity contribution in [3.8, 4) is 0 Å². The molecule has 0 amide bonds. The van der Waals surface area contributed by atoms with Gasteiger partial charge < -0.3 is 19.0 Å². The Kier molecular flexibility index (Phi) is 6.70. The first-order valence-electron chi connectivity index (χ1n) is 10.5. The molecule has 0 spiro atoms. The van der Waals surface area contributed by atoms with E-state index in [0.29, 0.717) is 0 Å². The maximum Gasteiger partial charge on any atom is 0.261 e. The molecule has 3 atom stereocenters. The molecule has 162 valence electrons. The van der Waals surface area contributed by atoms with Gasteiger partial charge in [-0.25, -0.2) is 0 Å². The molecule has 0 aromatic heterocycles. The van der Waals surface area contributed by atoms with Gasteiger partial charge in [-0.15, -0.1) is 6.58 Å². The summed E-state index contributed by atoms with van der Waals surface area (Å²) in [6.07, 6.45) is -0.0456. The van der Waals surface area contributed by atoms with Crippen molar-refractivity contribution in [1.82, 2.24) is 0 Å². The molecule has 1 fully saturated rings. The molecule has 1 N–H and O–H groups in total. The van der Waals surface area contributed by atoms with Crippen LogP contribution in [-0.4, -0.2) is 44.1 Å². The van der Waals surface area contributed by atoms with Crippen molar-refractivity contribution < 1.29 is 19.0 Å². The Bertz CT molecular complexity index is 790. The van der Waals surface area contributed by atoms with Crippen molar-refractivity contribution >= 4 is 18.7 Å². The number of hydrogen-bond donors (Lipinski definition) is 1. The van der Waals surface area contributed by atoms with Crippen LogP contribution in [0.4, 0.5) is 0 Å². The molecule has 3 rings (SSSR count). The summed E-state index contributed by atoms with van der Waals surface area (Å²) in [6.45, 7) is 14.3.